The van der Waals surface area contributed by atoms with Gasteiger partial charge in [0.25, 0.3) is 5.92 Å². The van der Waals surface area contributed by atoms with Crippen LogP contribution < -0.4 is 0 Å². The molecule has 210 valence electrons. The molecule has 2 unspecified atom stereocenters. The van der Waals surface area contributed by atoms with Gasteiger partial charge in [-0.2, -0.15) is 0 Å². The second-order valence-electron chi connectivity index (χ2n) is 11.6. The molecule has 0 aromatic rings. The number of hydrogen-bond acceptors (Lipinski definition) is 8. The van der Waals surface area contributed by atoms with Crippen molar-refractivity contribution in [2.24, 2.45) is 5.41 Å². The molecule has 2 aliphatic heterocycles. The second kappa shape index (κ2) is 10.4. The number of methoxy groups -OCH3 is 2. The third-order valence-corrected chi connectivity index (χ3v) is 6.10. The van der Waals surface area contributed by atoms with E-state index in [-0.39, 0.29) is 19.4 Å². The van der Waals surface area contributed by atoms with E-state index in [9.17, 15) is 28.0 Å². The van der Waals surface area contributed by atoms with Gasteiger partial charge in [-0.25, -0.2) is 28.0 Å². The third kappa shape index (κ3) is 7.32. The molecule has 1 spiro atoms. The summed E-state index contributed by atoms with van der Waals surface area (Å²) in [6.45, 7) is 14.3. The Kier molecular flexibility index (Phi) is 8.56. The van der Waals surface area contributed by atoms with Gasteiger partial charge in [-0.05, 0) is 48.0 Å². The van der Waals surface area contributed by atoms with E-state index in [2.05, 4.69) is 16.1 Å². The van der Waals surface area contributed by atoms with Crippen LogP contribution in [-0.4, -0.2) is 90.4 Å². The van der Waals surface area contributed by atoms with Gasteiger partial charge >= 0.3 is 24.1 Å². The van der Waals surface area contributed by atoms with E-state index in [1.807, 2.05) is 0 Å². The van der Waals surface area contributed by atoms with Crippen LogP contribution in [0.25, 0.3) is 0 Å². The molecule has 3 fully saturated rings. The monoisotopic (exact) mass is 532 g/mol. The Bertz CT molecular complexity index is 940. The van der Waals surface area contributed by atoms with E-state index in [4.69, 9.17) is 9.47 Å². The standard InChI is InChI=1S/C13H19F2NO4.C12H19NO4/c1-11(2,3)20-10(18)16-7-12(6-13(12,14)15)5-8(16)9(17)19-4;1-8-6-9(10(14)16-5)13(7-8)11(15)17-12(2,3)4/h8H,5-7H2,1-4H3;9H,1,6-7H2,2-5H3/t;9-/m.0/s1. The summed E-state index contributed by atoms with van der Waals surface area (Å²) < 4.78 is 46.6. The number of alkyl halides is 2. The highest BCUT2D eigenvalue weighted by Crippen LogP contribution is 2.66. The molecule has 3 rings (SSSR count). The molecule has 1 saturated carbocycles. The number of carbonyl (C=O) groups is 4. The summed E-state index contributed by atoms with van der Waals surface area (Å²) in [5.41, 5.74) is -1.80. The largest absolute Gasteiger partial charge is 0.467 e. The van der Waals surface area contributed by atoms with Crippen molar-refractivity contribution in [1.82, 2.24) is 9.80 Å². The fourth-order valence-corrected chi connectivity index (χ4v) is 4.27. The molecule has 2 amide bonds. The normalized spacial score (nSPS) is 26.3. The molecule has 1 aliphatic carbocycles. The van der Waals surface area contributed by atoms with Gasteiger partial charge in [0.15, 0.2) is 0 Å². The molecule has 0 aromatic carbocycles. The molecule has 0 aromatic heterocycles. The van der Waals surface area contributed by atoms with Crippen molar-refractivity contribution in [1.29, 1.82) is 0 Å². The van der Waals surface area contributed by atoms with Gasteiger partial charge in [-0.3, -0.25) is 9.80 Å². The van der Waals surface area contributed by atoms with Gasteiger partial charge in [0.1, 0.15) is 23.3 Å². The fourth-order valence-electron chi connectivity index (χ4n) is 4.27. The van der Waals surface area contributed by atoms with Crippen molar-refractivity contribution in [2.45, 2.75) is 90.0 Å². The van der Waals surface area contributed by atoms with Gasteiger partial charge in [0.05, 0.1) is 19.6 Å². The fraction of sp³-hybridized carbons (Fsp3) is 0.760. The maximum absolute atomic E-state index is 13.5. The number of hydrogen-bond donors (Lipinski definition) is 0. The average molecular weight is 533 g/mol. The molecule has 2 saturated heterocycles. The molecular weight excluding hydrogens is 494 g/mol. The van der Waals surface area contributed by atoms with Crippen LogP contribution in [0.2, 0.25) is 0 Å². The number of likely N-dealkylation sites (tertiary alicyclic amines) is 2. The number of rotatable bonds is 2. The summed E-state index contributed by atoms with van der Waals surface area (Å²) in [5.74, 6) is -3.94. The summed E-state index contributed by atoms with van der Waals surface area (Å²) in [6.07, 6.45) is -1.20. The lowest BCUT2D eigenvalue weighted by atomic mass is 10.0. The topological polar surface area (TPSA) is 112 Å². The first-order chi connectivity index (χ1) is 16.8. The van der Waals surface area contributed by atoms with Gasteiger partial charge in [-0.1, -0.05) is 12.2 Å². The Hall–Kier alpha value is -2.92. The SMILES string of the molecule is C=C1C[C@@H](C(=O)OC)N(C(=O)OC(C)(C)C)C1.COC(=O)C1CC2(CN1C(=O)OC(C)(C)C)CC2(F)F. The molecule has 37 heavy (non-hydrogen) atoms. The average Bonchev–Trinajstić information content (AvgIpc) is 3.07. The van der Waals surface area contributed by atoms with Crippen LogP contribution >= 0.6 is 0 Å². The van der Waals surface area contributed by atoms with Gasteiger partial charge in [0, 0.05) is 25.9 Å². The lowest BCUT2D eigenvalue weighted by Gasteiger charge is -2.27. The van der Waals surface area contributed by atoms with Crippen LogP contribution in [0, 0.1) is 5.41 Å². The molecular formula is C25H38F2N2O8. The maximum Gasteiger partial charge on any atom is 0.411 e. The van der Waals surface area contributed by atoms with Crippen molar-refractivity contribution < 1.29 is 46.9 Å². The first-order valence-electron chi connectivity index (χ1n) is 12.0. The highest BCUT2D eigenvalue weighted by molar-refractivity contribution is 5.83. The number of esters is 2. The van der Waals surface area contributed by atoms with Crippen molar-refractivity contribution in [3.05, 3.63) is 12.2 Å². The van der Waals surface area contributed by atoms with Crippen LogP contribution in [0.1, 0.15) is 60.8 Å². The van der Waals surface area contributed by atoms with Gasteiger partial charge in [0.2, 0.25) is 0 Å². The zero-order valence-electron chi connectivity index (χ0n) is 22.8. The van der Waals surface area contributed by atoms with Crippen LogP contribution in [0.5, 0.6) is 0 Å². The van der Waals surface area contributed by atoms with E-state index >= 15 is 0 Å². The summed E-state index contributed by atoms with van der Waals surface area (Å²) in [5, 5.41) is 0. The molecule has 3 aliphatic rings. The number of nitrogens with zero attached hydrogens (tertiary/aromatic N) is 2. The first-order valence-corrected chi connectivity index (χ1v) is 12.0. The summed E-state index contributed by atoms with van der Waals surface area (Å²) >= 11 is 0. The quantitative estimate of drug-likeness (QED) is 0.299. The maximum atomic E-state index is 13.5. The number of ether oxygens (including phenoxy) is 4. The lowest BCUT2D eigenvalue weighted by Crippen LogP contribution is -2.44. The number of halogens is 2. The minimum Gasteiger partial charge on any atom is -0.467 e. The Morgan fingerprint density at radius 3 is 1.70 bits per heavy atom. The molecule has 3 atom stereocenters. The van der Waals surface area contributed by atoms with Crippen LogP contribution in [0.4, 0.5) is 18.4 Å². The Labute approximate surface area is 216 Å². The minimum atomic E-state index is -2.82. The summed E-state index contributed by atoms with van der Waals surface area (Å²) in [7, 11) is 2.47. The predicted molar refractivity (Wildman–Crippen MR) is 128 cm³/mol. The first kappa shape index (κ1) is 30.3. The Balaban J connectivity index is 0.000000264. The molecule has 0 radical (unpaired) electrons. The second-order valence-corrected chi connectivity index (χ2v) is 11.6. The Morgan fingerprint density at radius 2 is 1.30 bits per heavy atom. The van der Waals surface area contributed by atoms with E-state index in [1.165, 1.54) is 19.1 Å². The number of carbonyl (C=O) groups excluding carboxylic acids is 4. The number of amides is 2. The summed E-state index contributed by atoms with van der Waals surface area (Å²) in [4.78, 5) is 49.6. The molecule has 2 heterocycles. The Morgan fingerprint density at radius 1 is 0.865 bits per heavy atom. The van der Waals surface area contributed by atoms with Crippen molar-refractivity contribution in [2.75, 3.05) is 27.3 Å². The van der Waals surface area contributed by atoms with E-state index in [0.29, 0.717) is 13.0 Å². The van der Waals surface area contributed by atoms with Gasteiger partial charge < -0.3 is 18.9 Å². The van der Waals surface area contributed by atoms with Crippen LogP contribution in [0.15, 0.2) is 12.2 Å². The molecule has 0 N–H and O–H groups in total. The van der Waals surface area contributed by atoms with E-state index < -0.39 is 58.7 Å². The molecule has 10 nitrogen and oxygen atoms in total. The van der Waals surface area contributed by atoms with Crippen molar-refractivity contribution in [3.63, 3.8) is 0 Å². The zero-order valence-corrected chi connectivity index (χ0v) is 22.8. The molecule has 0 bridgehead atoms. The van der Waals surface area contributed by atoms with E-state index in [1.54, 1.807) is 41.5 Å². The van der Waals surface area contributed by atoms with Crippen molar-refractivity contribution in [3.8, 4) is 0 Å². The highest BCUT2D eigenvalue weighted by atomic mass is 19.3. The van der Waals surface area contributed by atoms with Gasteiger partial charge in [-0.15, -0.1) is 0 Å². The summed E-state index contributed by atoms with van der Waals surface area (Å²) in [6, 6.07) is -1.61. The predicted octanol–water partition coefficient (Wildman–Crippen LogP) is 3.92. The van der Waals surface area contributed by atoms with Crippen LogP contribution in [-0.2, 0) is 28.5 Å². The highest BCUT2D eigenvalue weighted by Gasteiger charge is 2.75. The van der Waals surface area contributed by atoms with Crippen LogP contribution in [0.3, 0.4) is 0 Å². The third-order valence-electron chi connectivity index (χ3n) is 6.10. The lowest BCUT2D eigenvalue weighted by molar-refractivity contribution is -0.146. The minimum absolute atomic E-state index is 0.0775. The van der Waals surface area contributed by atoms with Crippen molar-refractivity contribution >= 4 is 24.1 Å². The van der Waals surface area contributed by atoms with E-state index in [0.717, 1.165) is 10.5 Å². The smallest absolute Gasteiger partial charge is 0.411 e. The zero-order chi connectivity index (χ0) is 28.6. The molecule has 12 heteroatoms.